The molecule has 2 rings (SSSR count). The maximum absolute atomic E-state index is 6.08. The zero-order valence-electron chi connectivity index (χ0n) is 10.3. The first-order valence-electron chi connectivity index (χ1n) is 6.09. The number of halogens is 1. The molecule has 18 heavy (non-hydrogen) atoms. The van der Waals surface area contributed by atoms with Gasteiger partial charge in [-0.05, 0) is 31.6 Å². The Hall–Kier alpha value is -1.39. The fraction of sp³-hybridized carbons (Fsp3) is 0.385. The summed E-state index contributed by atoms with van der Waals surface area (Å²) in [4.78, 5) is 0. The van der Waals surface area contributed by atoms with Gasteiger partial charge in [0.1, 0.15) is 0 Å². The standard InChI is InChI=1S/C13H16ClN3O/c1-2-15-9-5-8-12-16-17-13(18-12)10-6-3-4-7-11(10)14/h3-4,6-7,15H,2,5,8-9H2,1H3. The number of aryl methyl sites for hydroxylation is 1. The monoisotopic (exact) mass is 265 g/mol. The Bertz CT molecular complexity index is 498. The Morgan fingerprint density at radius 1 is 1.28 bits per heavy atom. The topological polar surface area (TPSA) is 51.0 Å². The minimum atomic E-state index is 0.485. The molecule has 0 aliphatic carbocycles. The Labute approximate surface area is 111 Å². The molecule has 2 aromatic rings. The van der Waals surface area contributed by atoms with Gasteiger partial charge < -0.3 is 9.73 Å². The summed E-state index contributed by atoms with van der Waals surface area (Å²) < 4.78 is 5.60. The van der Waals surface area contributed by atoms with Gasteiger partial charge in [0.2, 0.25) is 11.8 Å². The van der Waals surface area contributed by atoms with Crippen molar-refractivity contribution >= 4 is 11.6 Å². The van der Waals surface area contributed by atoms with Gasteiger partial charge in [-0.1, -0.05) is 30.7 Å². The molecular weight excluding hydrogens is 250 g/mol. The number of benzene rings is 1. The van der Waals surface area contributed by atoms with Gasteiger partial charge in [-0.15, -0.1) is 10.2 Å². The van der Waals surface area contributed by atoms with Crippen molar-refractivity contribution in [2.45, 2.75) is 19.8 Å². The molecule has 4 nitrogen and oxygen atoms in total. The van der Waals surface area contributed by atoms with E-state index in [1.165, 1.54) is 0 Å². The molecule has 0 radical (unpaired) electrons. The highest BCUT2D eigenvalue weighted by molar-refractivity contribution is 6.33. The Morgan fingerprint density at radius 2 is 2.11 bits per heavy atom. The average molecular weight is 266 g/mol. The number of hydrogen-bond donors (Lipinski definition) is 1. The van der Waals surface area contributed by atoms with Crippen LogP contribution < -0.4 is 5.32 Å². The van der Waals surface area contributed by atoms with Crippen molar-refractivity contribution in [2.75, 3.05) is 13.1 Å². The van der Waals surface area contributed by atoms with Gasteiger partial charge in [0, 0.05) is 6.42 Å². The number of rotatable bonds is 6. The molecule has 0 aliphatic heterocycles. The SMILES string of the molecule is CCNCCCc1nnc(-c2ccccc2Cl)o1. The van der Waals surface area contributed by atoms with Crippen LogP contribution >= 0.6 is 11.6 Å². The maximum Gasteiger partial charge on any atom is 0.249 e. The highest BCUT2D eigenvalue weighted by Gasteiger charge is 2.10. The van der Waals surface area contributed by atoms with Crippen LogP contribution in [0, 0.1) is 0 Å². The average Bonchev–Trinajstić information content (AvgIpc) is 2.84. The van der Waals surface area contributed by atoms with Crippen LogP contribution in [0.15, 0.2) is 28.7 Å². The zero-order chi connectivity index (χ0) is 12.8. The lowest BCUT2D eigenvalue weighted by Crippen LogP contribution is -2.14. The molecule has 0 saturated heterocycles. The van der Waals surface area contributed by atoms with Crippen molar-refractivity contribution in [3.8, 4) is 11.5 Å². The molecule has 0 amide bonds. The third-order valence-electron chi connectivity index (χ3n) is 2.57. The summed E-state index contributed by atoms with van der Waals surface area (Å²) >= 11 is 6.08. The highest BCUT2D eigenvalue weighted by Crippen LogP contribution is 2.26. The van der Waals surface area contributed by atoms with E-state index in [1.54, 1.807) is 0 Å². The second-order valence-electron chi connectivity index (χ2n) is 3.94. The van der Waals surface area contributed by atoms with Gasteiger partial charge in [-0.25, -0.2) is 0 Å². The molecule has 96 valence electrons. The smallest absolute Gasteiger partial charge is 0.249 e. The molecule has 0 fully saturated rings. The Balaban J connectivity index is 2.00. The van der Waals surface area contributed by atoms with Crippen molar-refractivity contribution in [1.82, 2.24) is 15.5 Å². The maximum atomic E-state index is 6.08. The molecule has 0 atom stereocenters. The fourth-order valence-corrected chi connectivity index (χ4v) is 1.86. The number of nitrogens with zero attached hydrogens (tertiary/aromatic N) is 2. The number of nitrogens with one attached hydrogen (secondary N) is 1. The predicted octanol–water partition coefficient (Wildman–Crippen LogP) is 2.93. The second kappa shape index (κ2) is 6.52. The predicted molar refractivity (Wildman–Crippen MR) is 71.6 cm³/mol. The zero-order valence-corrected chi connectivity index (χ0v) is 11.1. The van der Waals surface area contributed by atoms with E-state index in [1.807, 2.05) is 24.3 Å². The molecule has 0 unspecified atom stereocenters. The summed E-state index contributed by atoms with van der Waals surface area (Å²) in [6, 6.07) is 7.46. The summed E-state index contributed by atoms with van der Waals surface area (Å²) in [5, 5.41) is 11.9. The summed E-state index contributed by atoms with van der Waals surface area (Å²) in [7, 11) is 0. The molecule has 1 heterocycles. The molecule has 0 aliphatic rings. The van der Waals surface area contributed by atoms with Gasteiger partial charge in [-0.3, -0.25) is 0 Å². The molecule has 1 aromatic heterocycles. The summed E-state index contributed by atoms with van der Waals surface area (Å²) in [5.74, 6) is 1.14. The van der Waals surface area contributed by atoms with Crippen LogP contribution in [0.2, 0.25) is 5.02 Å². The molecule has 1 aromatic carbocycles. The summed E-state index contributed by atoms with van der Waals surface area (Å²) in [5.41, 5.74) is 0.782. The quantitative estimate of drug-likeness (QED) is 0.816. The second-order valence-corrected chi connectivity index (χ2v) is 4.35. The molecular formula is C13H16ClN3O. The summed E-state index contributed by atoms with van der Waals surface area (Å²) in [6.07, 6.45) is 1.77. The van der Waals surface area contributed by atoms with E-state index in [4.69, 9.17) is 16.0 Å². The van der Waals surface area contributed by atoms with Gasteiger partial charge in [0.05, 0.1) is 10.6 Å². The van der Waals surface area contributed by atoms with E-state index < -0.39 is 0 Å². The van der Waals surface area contributed by atoms with Crippen molar-refractivity contribution in [1.29, 1.82) is 0 Å². The first kappa shape index (κ1) is 13.1. The molecule has 0 spiro atoms. The van der Waals surface area contributed by atoms with Crippen molar-refractivity contribution in [3.63, 3.8) is 0 Å². The lowest BCUT2D eigenvalue weighted by molar-refractivity contribution is 0.492. The molecule has 1 N–H and O–H groups in total. The van der Waals surface area contributed by atoms with E-state index in [9.17, 15) is 0 Å². The summed E-state index contributed by atoms with van der Waals surface area (Å²) in [6.45, 7) is 4.03. The minimum absolute atomic E-state index is 0.485. The van der Waals surface area contributed by atoms with Crippen LogP contribution in [0.5, 0.6) is 0 Å². The van der Waals surface area contributed by atoms with E-state index in [0.717, 1.165) is 31.5 Å². The molecule has 0 bridgehead atoms. The normalized spacial score (nSPS) is 10.8. The first-order chi connectivity index (χ1) is 8.81. The molecule has 5 heteroatoms. The van der Waals surface area contributed by atoms with Crippen LogP contribution in [0.1, 0.15) is 19.2 Å². The van der Waals surface area contributed by atoms with E-state index in [2.05, 4.69) is 22.4 Å². The van der Waals surface area contributed by atoms with E-state index in [0.29, 0.717) is 16.8 Å². The van der Waals surface area contributed by atoms with Gasteiger partial charge in [-0.2, -0.15) is 0 Å². The van der Waals surface area contributed by atoms with Crippen LogP contribution in [0.3, 0.4) is 0 Å². The highest BCUT2D eigenvalue weighted by atomic mass is 35.5. The van der Waals surface area contributed by atoms with Crippen molar-refractivity contribution in [3.05, 3.63) is 35.2 Å². The lowest BCUT2D eigenvalue weighted by atomic mass is 10.2. The van der Waals surface area contributed by atoms with Gasteiger partial charge in [0.25, 0.3) is 0 Å². The third kappa shape index (κ3) is 3.31. The molecule has 0 saturated carbocycles. The van der Waals surface area contributed by atoms with E-state index >= 15 is 0 Å². The van der Waals surface area contributed by atoms with Gasteiger partial charge >= 0.3 is 0 Å². The van der Waals surface area contributed by atoms with Crippen LogP contribution in [-0.4, -0.2) is 23.3 Å². The van der Waals surface area contributed by atoms with Crippen LogP contribution in [0.25, 0.3) is 11.5 Å². The number of hydrogen-bond acceptors (Lipinski definition) is 4. The minimum Gasteiger partial charge on any atom is -0.421 e. The van der Waals surface area contributed by atoms with E-state index in [-0.39, 0.29) is 0 Å². The first-order valence-corrected chi connectivity index (χ1v) is 6.47. The largest absolute Gasteiger partial charge is 0.421 e. The fourth-order valence-electron chi connectivity index (χ4n) is 1.64. The lowest BCUT2D eigenvalue weighted by Gasteiger charge is -1.98. The third-order valence-corrected chi connectivity index (χ3v) is 2.89. The van der Waals surface area contributed by atoms with Gasteiger partial charge in [0.15, 0.2) is 0 Å². The van der Waals surface area contributed by atoms with Crippen molar-refractivity contribution < 1.29 is 4.42 Å². The van der Waals surface area contributed by atoms with Crippen molar-refractivity contribution in [2.24, 2.45) is 0 Å². The van der Waals surface area contributed by atoms with Crippen LogP contribution in [-0.2, 0) is 6.42 Å². The Kier molecular flexibility index (Phi) is 4.73. The Morgan fingerprint density at radius 3 is 2.89 bits per heavy atom. The van der Waals surface area contributed by atoms with Crippen LogP contribution in [0.4, 0.5) is 0 Å². The number of aromatic nitrogens is 2.